The maximum atomic E-state index is 13.0. The number of hydrogen-bond donors (Lipinski definition) is 1. The van der Waals surface area contributed by atoms with E-state index in [2.05, 4.69) is 53.8 Å². The molecule has 4 nitrogen and oxygen atoms in total. The molecule has 0 unspecified atom stereocenters. The molecule has 1 N–H and O–H groups in total. The Kier molecular flexibility index (Phi) is 7.95. The largest absolute Gasteiger partial charge is 0.307 e. The molecule has 39 heavy (non-hydrogen) atoms. The van der Waals surface area contributed by atoms with E-state index in [1.165, 1.54) is 11.1 Å². The first kappa shape index (κ1) is 27.2. The van der Waals surface area contributed by atoms with Gasteiger partial charge in [-0.25, -0.2) is 0 Å². The number of rotatable bonds is 6. The fraction of sp³-hybridized carbons (Fsp3) is 0.400. The highest BCUT2D eigenvalue weighted by molar-refractivity contribution is 5.93. The van der Waals surface area contributed by atoms with Gasteiger partial charge in [0.2, 0.25) is 0 Å². The van der Waals surface area contributed by atoms with Gasteiger partial charge in [0.25, 0.3) is 0 Å². The van der Waals surface area contributed by atoms with Gasteiger partial charge in [-0.1, -0.05) is 91.0 Å². The Hall–Kier alpha value is -3.37. The molecule has 0 atom stereocenters. The standard InChI is InChI=1S/C21H23NO.C14H16O2/c23-19-15-20(22-16-17-7-3-1-4-8-17)11-13-21(19,14-12-20)18-9-5-2-6-10-18;1-11(15)14(9-7-13(16)8-10-14)12-5-3-2-4-6-12/h1-10,22H,11-16H2;2-6H,7-10H2,1H3. The molecule has 4 fully saturated rings. The first-order chi connectivity index (χ1) is 18.9. The Morgan fingerprint density at radius 1 is 0.692 bits per heavy atom. The lowest BCUT2D eigenvalue weighted by molar-refractivity contribution is -0.134. The van der Waals surface area contributed by atoms with Crippen molar-refractivity contribution in [1.29, 1.82) is 0 Å². The highest BCUT2D eigenvalue weighted by Crippen LogP contribution is 2.51. The predicted octanol–water partition coefficient (Wildman–Crippen LogP) is 6.66. The second kappa shape index (κ2) is 11.4. The minimum atomic E-state index is -0.408. The summed E-state index contributed by atoms with van der Waals surface area (Å²) in [6.07, 6.45) is 7.25. The van der Waals surface area contributed by atoms with Gasteiger partial charge in [0, 0.05) is 31.3 Å². The van der Waals surface area contributed by atoms with Crippen LogP contribution in [0.3, 0.4) is 0 Å². The summed E-state index contributed by atoms with van der Waals surface area (Å²) in [5, 5.41) is 3.72. The molecule has 2 bridgehead atoms. The van der Waals surface area contributed by atoms with Crippen LogP contribution in [-0.4, -0.2) is 22.9 Å². The van der Waals surface area contributed by atoms with Crippen LogP contribution in [0.5, 0.6) is 0 Å². The Labute approximate surface area is 232 Å². The van der Waals surface area contributed by atoms with Gasteiger partial charge in [-0.05, 0) is 62.1 Å². The van der Waals surface area contributed by atoms with E-state index in [-0.39, 0.29) is 22.5 Å². The molecule has 4 aliphatic carbocycles. The average molecular weight is 522 g/mol. The summed E-state index contributed by atoms with van der Waals surface area (Å²) < 4.78 is 0. The van der Waals surface area contributed by atoms with E-state index in [1.807, 2.05) is 42.5 Å². The van der Waals surface area contributed by atoms with E-state index in [9.17, 15) is 14.4 Å². The smallest absolute Gasteiger partial charge is 0.145 e. The van der Waals surface area contributed by atoms with Crippen LogP contribution >= 0.6 is 0 Å². The quantitative estimate of drug-likeness (QED) is 0.394. The van der Waals surface area contributed by atoms with Crippen LogP contribution in [0, 0.1) is 0 Å². The van der Waals surface area contributed by atoms with Crippen molar-refractivity contribution >= 4 is 17.3 Å². The second-order valence-electron chi connectivity index (χ2n) is 11.7. The number of Topliss-reactive ketones (excluding diaryl/α,β-unsaturated/α-hetero) is 3. The number of hydrogen-bond acceptors (Lipinski definition) is 4. The SMILES string of the molecule is CC(=O)C1(c2ccccc2)CCC(=O)CC1.O=C1CC2(NCc3ccccc3)CCC1(c1ccccc1)CC2. The van der Waals surface area contributed by atoms with Gasteiger partial charge in [0.05, 0.1) is 10.8 Å². The lowest BCUT2D eigenvalue weighted by atomic mass is 9.54. The summed E-state index contributed by atoms with van der Waals surface area (Å²) in [5.41, 5.74) is 2.98. The van der Waals surface area contributed by atoms with Crippen LogP contribution in [-0.2, 0) is 31.8 Å². The molecule has 0 saturated heterocycles. The Bertz CT molecular complexity index is 1280. The van der Waals surface area contributed by atoms with E-state index >= 15 is 0 Å². The summed E-state index contributed by atoms with van der Waals surface area (Å²) in [5.74, 6) is 0.903. The molecule has 0 heterocycles. The predicted molar refractivity (Wildman–Crippen MR) is 155 cm³/mol. The van der Waals surface area contributed by atoms with Gasteiger partial charge in [-0.2, -0.15) is 0 Å². The van der Waals surface area contributed by atoms with E-state index < -0.39 is 5.41 Å². The first-order valence-electron chi connectivity index (χ1n) is 14.3. The highest BCUT2D eigenvalue weighted by Gasteiger charge is 2.54. The summed E-state index contributed by atoms with van der Waals surface area (Å²) in [4.78, 5) is 36.2. The number of carbonyl (C=O) groups excluding carboxylic acids is 3. The van der Waals surface area contributed by atoms with Crippen LogP contribution < -0.4 is 5.32 Å². The molecule has 0 radical (unpaired) electrons. The van der Waals surface area contributed by atoms with Gasteiger partial charge in [-0.3, -0.25) is 14.4 Å². The zero-order valence-electron chi connectivity index (χ0n) is 23.0. The molecule has 3 aromatic rings. The number of fused-ring (bicyclic) bond motifs is 3. The molecular weight excluding hydrogens is 482 g/mol. The van der Waals surface area contributed by atoms with E-state index in [0.29, 0.717) is 37.9 Å². The van der Waals surface area contributed by atoms with Gasteiger partial charge < -0.3 is 5.32 Å². The lowest BCUT2D eigenvalue weighted by Gasteiger charge is -2.53. The highest BCUT2D eigenvalue weighted by atomic mass is 16.1. The van der Waals surface area contributed by atoms with Crippen LogP contribution in [0.2, 0.25) is 0 Å². The molecule has 7 rings (SSSR count). The lowest BCUT2D eigenvalue weighted by Crippen LogP contribution is -2.60. The second-order valence-corrected chi connectivity index (χ2v) is 11.7. The zero-order chi connectivity index (χ0) is 27.3. The van der Waals surface area contributed by atoms with Crippen LogP contribution in [0.1, 0.15) is 81.4 Å². The fourth-order valence-electron chi connectivity index (χ4n) is 6.98. The third-order valence-corrected chi connectivity index (χ3v) is 9.59. The molecular formula is C35H39NO3. The molecule has 4 aliphatic rings. The summed E-state index contributed by atoms with van der Waals surface area (Å²) in [6, 6.07) is 30.7. The molecule has 4 heteroatoms. The third-order valence-electron chi connectivity index (χ3n) is 9.59. The summed E-state index contributed by atoms with van der Waals surface area (Å²) >= 11 is 0. The van der Waals surface area contributed by atoms with Crippen molar-refractivity contribution < 1.29 is 14.4 Å². The molecule has 0 spiro atoms. The maximum Gasteiger partial charge on any atom is 0.145 e. The molecule has 0 amide bonds. The van der Waals surface area contributed by atoms with E-state index in [0.717, 1.165) is 37.8 Å². The van der Waals surface area contributed by atoms with Crippen molar-refractivity contribution in [1.82, 2.24) is 5.32 Å². The minimum Gasteiger partial charge on any atom is -0.307 e. The van der Waals surface area contributed by atoms with Crippen LogP contribution in [0.25, 0.3) is 0 Å². The third kappa shape index (κ3) is 5.53. The van der Waals surface area contributed by atoms with Crippen molar-refractivity contribution in [2.45, 2.75) is 87.6 Å². The topological polar surface area (TPSA) is 63.2 Å². The fourth-order valence-corrected chi connectivity index (χ4v) is 6.98. The van der Waals surface area contributed by atoms with E-state index in [1.54, 1.807) is 6.92 Å². The first-order valence-corrected chi connectivity index (χ1v) is 14.3. The van der Waals surface area contributed by atoms with Crippen molar-refractivity contribution in [3.05, 3.63) is 108 Å². The molecule has 0 aromatic heterocycles. The molecule has 0 aliphatic heterocycles. The maximum absolute atomic E-state index is 13.0. The zero-order valence-corrected chi connectivity index (χ0v) is 23.0. The van der Waals surface area contributed by atoms with Crippen molar-refractivity contribution in [2.24, 2.45) is 0 Å². The molecule has 4 saturated carbocycles. The monoisotopic (exact) mass is 521 g/mol. The minimum absolute atomic E-state index is 0.0173. The summed E-state index contributed by atoms with van der Waals surface area (Å²) in [6.45, 7) is 2.50. The molecule has 202 valence electrons. The summed E-state index contributed by atoms with van der Waals surface area (Å²) in [7, 11) is 0. The average Bonchev–Trinajstić information content (AvgIpc) is 2.99. The Balaban J connectivity index is 0.000000169. The van der Waals surface area contributed by atoms with Gasteiger partial charge >= 0.3 is 0 Å². The Morgan fingerprint density at radius 2 is 1.21 bits per heavy atom. The Morgan fingerprint density at radius 3 is 1.72 bits per heavy atom. The number of carbonyl (C=O) groups is 3. The van der Waals surface area contributed by atoms with Gasteiger partial charge in [0.1, 0.15) is 17.3 Å². The van der Waals surface area contributed by atoms with Crippen LogP contribution in [0.15, 0.2) is 91.0 Å². The van der Waals surface area contributed by atoms with E-state index in [4.69, 9.17) is 0 Å². The van der Waals surface area contributed by atoms with Crippen molar-refractivity contribution in [2.75, 3.05) is 0 Å². The number of nitrogens with one attached hydrogen (secondary N) is 1. The molecule has 3 aromatic carbocycles. The normalized spacial score (nSPS) is 25.5. The number of ketones is 3. The number of benzene rings is 3. The van der Waals surface area contributed by atoms with Crippen molar-refractivity contribution in [3.8, 4) is 0 Å². The van der Waals surface area contributed by atoms with Gasteiger partial charge in [-0.15, -0.1) is 0 Å². The van der Waals surface area contributed by atoms with Crippen molar-refractivity contribution in [3.63, 3.8) is 0 Å². The van der Waals surface area contributed by atoms with Gasteiger partial charge in [0.15, 0.2) is 0 Å². The van der Waals surface area contributed by atoms with Crippen LogP contribution in [0.4, 0.5) is 0 Å².